The fraction of sp³-hybridized carbons (Fsp3) is 0.208. The van der Waals surface area contributed by atoms with Crippen LogP contribution in [0.4, 0.5) is 5.13 Å². The summed E-state index contributed by atoms with van der Waals surface area (Å²) in [5.74, 6) is 1.19. The molecule has 0 radical (unpaired) electrons. The number of anilines is 1. The molecule has 0 fully saturated rings. The van der Waals surface area contributed by atoms with Crippen molar-refractivity contribution < 1.29 is 14.3 Å². The fourth-order valence-electron chi connectivity index (χ4n) is 3.30. The summed E-state index contributed by atoms with van der Waals surface area (Å²) in [5.41, 5.74) is 4.26. The molecular weight excluding hydrogens is 410 g/mol. The van der Waals surface area contributed by atoms with Gasteiger partial charge < -0.3 is 9.47 Å². The maximum absolute atomic E-state index is 13.6. The molecule has 0 saturated carbocycles. The van der Waals surface area contributed by atoms with E-state index in [2.05, 4.69) is 4.98 Å². The highest BCUT2D eigenvalue weighted by atomic mass is 32.1. The lowest BCUT2D eigenvalue weighted by Crippen LogP contribution is -2.30. The molecule has 1 amide bonds. The summed E-state index contributed by atoms with van der Waals surface area (Å²) < 4.78 is 11.8. The summed E-state index contributed by atoms with van der Waals surface area (Å²) in [7, 11) is 3.22. The van der Waals surface area contributed by atoms with Crippen LogP contribution in [0.2, 0.25) is 0 Å². The number of benzene rings is 2. The van der Waals surface area contributed by atoms with Gasteiger partial charge in [0, 0.05) is 11.8 Å². The zero-order chi connectivity index (χ0) is 22.0. The number of pyridine rings is 1. The van der Waals surface area contributed by atoms with Gasteiger partial charge in [-0.25, -0.2) is 4.98 Å². The Morgan fingerprint density at radius 3 is 2.45 bits per heavy atom. The Bertz CT molecular complexity index is 1200. The van der Waals surface area contributed by atoms with Crippen LogP contribution in [-0.2, 0) is 6.54 Å². The van der Waals surface area contributed by atoms with Gasteiger partial charge in [-0.15, -0.1) is 0 Å². The predicted molar refractivity (Wildman–Crippen MR) is 123 cm³/mol. The van der Waals surface area contributed by atoms with E-state index in [1.165, 1.54) is 11.3 Å². The smallest absolute Gasteiger partial charge is 0.260 e. The number of carbonyl (C=O) groups excluding carboxylic acids is 1. The second-order valence-electron chi connectivity index (χ2n) is 7.16. The highest BCUT2D eigenvalue weighted by Gasteiger charge is 2.24. The molecule has 7 heteroatoms. The molecular formula is C24H23N3O3S. The largest absolute Gasteiger partial charge is 0.495 e. The third-order valence-corrected chi connectivity index (χ3v) is 6.27. The zero-order valence-corrected chi connectivity index (χ0v) is 18.7. The number of amides is 1. The van der Waals surface area contributed by atoms with Gasteiger partial charge in [-0.2, -0.15) is 0 Å². The van der Waals surface area contributed by atoms with Gasteiger partial charge in [-0.3, -0.25) is 14.7 Å². The first-order chi connectivity index (χ1) is 15.0. The summed E-state index contributed by atoms with van der Waals surface area (Å²) in [6.45, 7) is 4.33. The quantitative estimate of drug-likeness (QED) is 0.420. The number of hydrogen-bond donors (Lipinski definition) is 0. The molecule has 2 aromatic heterocycles. The molecule has 31 heavy (non-hydrogen) atoms. The van der Waals surface area contributed by atoms with E-state index >= 15 is 0 Å². The summed E-state index contributed by atoms with van der Waals surface area (Å²) in [6.07, 6.45) is 1.72. The van der Waals surface area contributed by atoms with Crippen molar-refractivity contribution in [3.63, 3.8) is 0 Å². The van der Waals surface area contributed by atoms with E-state index in [1.54, 1.807) is 25.3 Å². The fourth-order valence-corrected chi connectivity index (χ4v) is 4.37. The summed E-state index contributed by atoms with van der Waals surface area (Å²) in [6, 6.07) is 15.1. The number of methoxy groups -OCH3 is 2. The molecule has 0 unspecified atom stereocenters. The number of hydrogen-bond acceptors (Lipinski definition) is 6. The zero-order valence-electron chi connectivity index (χ0n) is 17.9. The highest BCUT2D eigenvalue weighted by molar-refractivity contribution is 7.22. The lowest BCUT2D eigenvalue weighted by Gasteiger charge is -2.20. The molecule has 2 aromatic carbocycles. The Morgan fingerprint density at radius 2 is 1.77 bits per heavy atom. The van der Waals surface area contributed by atoms with Crippen LogP contribution in [0.3, 0.4) is 0 Å². The molecule has 4 rings (SSSR count). The van der Waals surface area contributed by atoms with E-state index in [-0.39, 0.29) is 5.91 Å². The number of thiazole rings is 1. The monoisotopic (exact) mass is 433 g/mol. The van der Waals surface area contributed by atoms with Crippen molar-refractivity contribution in [1.29, 1.82) is 0 Å². The topological polar surface area (TPSA) is 64.6 Å². The van der Waals surface area contributed by atoms with Crippen LogP contribution >= 0.6 is 11.3 Å². The van der Waals surface area contributed by atoms with Crippen molar-refractivity contribution in [2.24, 2.45) is 0 Å². The van der Waals surface area contributed by atoms with Gasteiger partial charge in [-0.1, -0.05) is 23.5 Å². The van der Waals surface area contributed by atoms with E-state index < -0.39 is 0 Å². The van der Waals surface area contributed by atoms with E-state index in [0.717, 1.165) is 21.5 Å². The van der Waals surface area contributed by atoms with Gasteiger partial charge in [0.15, 0.2) is 5.13 Å². The predicted octanol–water partition coefficient (Wildman–Crippen LogP) is 5.17. The molecule has 158 valence electrons. The molecule has 0 spiro atoms. The minimum Gasteiger partial charge on any atom is -0.495 e. The number of nitrogens with zero attached hydrogens (tertiary/aromatic N) is 3. The van der Waals surface area contributed by atoms with E-state index in [4.69, 9.17) is 14.5 Å². The van der Waals surface area contributed by atoms with Gasteiger partial charge in [0.05, 0.1) is 26.5 Å². The molecule has 0 atom stereocenters. The lowest BCUT2D eigenvalue weighted by molar-refractivity contribution is 0.0984. The minimum atomic E-state index is -0.134. The summed E-state index contributed by atoms with van der Waals surface area (Å²) in [5, 5.41) is 0.562. The molecule has 6 nitrogen and oxygen atoms in total. The summed E-state index contributed by atoms with van der Waals surface area (Å²) in [4.78, 5) is 24.4. The van der Waals surface area contributed by atoms with Crippen molar-refractivity contribution in [1.82, 2.24) is 9.97 Å². The molecule has 0 bridgehead atoms. The normalized spacial score (nSPS) is 10.8. The highest BCUT2D eigenvalue weighted by Crippen LogP contribution is 2.40. The molecule has 0 saturated heterocycles. The molecule has 0 aliphatic heterocycles. The van der Waals surface area contributed by atoms with Crippen molar-refractivity contribution in [2.75, 3.05) is 19.1 Å². The van der Waals surface area contributed by atoms with Crippen molar-refractivity contribution in [2.45, 2.75) is 20.4 Å². The average Bonchev–Trinajstić information content (AvgIpc) is 3.24. The standard InChI is InChI=1S/C24H23N3O3S/c1-15-8-9-17(13-16(15)2)23(28)27(14-18-7-5-6-12-25-18)24-26-21-19(29-3)10-11-20(30-4)22(21)31-24/h5-13H,14H2,1-4H3. The van der Waals surface area contributed by atoms with Gasteiger partial charge in [0.2, 0.25) is 0 Å². The summed E-state index contributed by atoms with van der Waals surface area (Å²) >= 11 is 1.40. The van der Waals surface area contributed by atoms with E-state index in [9.17, 15) is 4.79 Å². The molecule has 2 heterocycles. The average molecular weight is 434 g/mol. The van der Waals surface area contributed by atoms with Crippen LogP contribution in [0.1, 0.15) is 27.2 Å². The molecule has 4 aromatic rings. The Balaban J connectivity index is 1.84. The van der Waals surface area contributed by atoms with Gasteiger partial charge in [-0.05, 0) is 61.4 Å². The van der Waals surface area contributed by atoms with Gasteiger partial charge in [0.25, 0.3) is 5.91 Å². The number of carbonyl (C=O) groups is 1. The van der Waals surface area contributed by atoms with E-state index in [0.29, 0.717) is 34.3 Å². The first-order valence-electron chi connectivity index (χ1n) is 9.82. The number of aromatic nitrogens is 2. The van der Waals surface area contributed by atoms with Crippen molar-refractivity contribution in [3.05, 3.63) is 77.1 Å². The molecule has 0 aliphatic rings. The number of fused-ring (bicyclic) bond motifs is 1. The van der Waals surface area contributed by atoms with E-state index in [1.807, 2.05) is 62.4 Å². The number of aryl methyl sites for hydroxylation is 2. The third-order valence-electron chi connectivity index (χ3n) is 5.18. The maximum atomic E-state index is 13.6. The van der Waals surface area contributed by atoms with Crippen molar-refractivity contribution in [3.8, 4) is 11.5 Å². The van der Waals surface area contributed by atoms with Crippen LogP contribution in [0, 0.1) is 13.8 Å². The van der Waals surface area contributed by atoms with Gasteiger partial charge in [0.1, 0.15) is 21.7 Å². The Hall–Kier alpha value is -3.45. The van der Waals surface area contributed by atoms with Crippen LogP contribution in [0.15, 0.2) is 54.7 Å². The SMILES string of the molecule is COc1ccc(OC)c2sc(N(Cc3ccccn3)C(=O)c3ccc(C)c(C)c3)nc12. The Morgan fingerprint density at radius 1 is 1.00 bits per heavy atom. The van der Waals surface area contributed by atoms with Crippen LogP contribution in [0.25, 0.3) is 10.2 Å². The second-order valence-corrected chi connectivity index (χ2v) is 8.13. The third kappa shape index (κ3) is 4.09. The van der Waals surface area contributed by atoms with Crippen LogP contribution < -0.4 is 14.4 Å². The Labute approximate surface area is 185 Å². The van der Waals surface area contributed by atoms with Crippen LogP contribution in [-0.4, -0.2) is 30.1 Å². The Kier molecular flexibility index (Phi) is 5.86. The maximum Gasteiger partial charge on any atom is 0.260 e. The van der Waals surface area contributed by atoms with Crippen molar-refractivity contribution >= 4 is 32.6 Å². The molecule has 0 aliphatic carbocycles. The number of rotatable bonds is 6. The lowest BCUT2D eigenvalue weighted by atomic mass is 10.1. The molecule has 0 N–H and O–H groups in total. The minimum absolute atomic E-state index is 0.134. The first kappa shape index (κ1) is 20.8. The van der Waals surface area contributed by atoms with Crippen LogP contribution in [0.5, 0.6) is 11.5 Å². The first-order valence-corrected chi connectivity index (χ1v) is 10.6. The number of ether oxygens (including phenoxy) is 2. The van der Waals surface area contributed by atoms with Gasteiger partial charge >= 0.3 is 0 Å². The second kappa shape index (κ2) is 8.73.